The summed E-state index contributed by atoms with van der Waals surface area (Å²) in [6, 6.07) is 0. The first-order chi connectivity index (χ1) is 10.1. The van der Waals surface area contributed by atoms with E-state index in [4.69, 9.17) is 8.85 Å². The SMILES string of the molecule is CC(C)[SiH](OC(=O)N=NC(=O)O[SiH](C(C)C)C(C)C)C(C)C. The van der Waals surface area contributed by atoms with Crippen LogP contribution in [0.15, 0.2) is 10.2 Å². The second-order valence-corrected chi connectivity index (χ2v) is 14.5. The minimum atomic E-state index is -1.71. The Bertz CT molecular complexity index is 346. The molecule has 128 valence electrons. The van der Waals surface area contributed by atoms with E-state index in [2.05, 4.69) is 10.2 Å². The first-order valence-electron chi connectivity index (χ1n) is 7.89. The lowest BCUT2D eigenvalue weighted by molar-refractivity contribution is 0.198. The van der Waals surface area contributed by atoms with Crippen molar-refractivity contribution in [2.75, 3.05) is 0 Å². The fraction of sp³-hybridized carbons (Fsp3) is 0.857. The van der Waals surface area contributed by atoms with Crippen LogP contribution < -0.4 is 0 Å². The van der Waals surface area contributed by atoms with E-state index in [0.29, 0.717) is 22.2 Å². The second-order valence-electron chi connectivity index (χ2n) is 6.87. The molecule has 0 unspecified atom stereocenters. The maximum Gasteiger partial charge on any atom is 0.438 e. The lowest BCUT2D eigenvalue weighted by Gasteiger charge is -2.22. The Hall–Kier alpha value is -1.03. The van der Waals surface area contributed by atoms with Crippen molar-refractivity contribution in [3.05, 3.63) is 0 Å². The average Bonchev–Trinajstić information content (AvgIpc) is 2.38. The van der Waals surface area contributed by atoms with Crippen molar-refractivity contribution in [2.24, 2.45) is 10.2 Å². The van der Waals surface area contributed by atoms with Gasteiger partial charge in [-0.05, 0) is 22.2 Å². The van der Waals surface area contributed by atoms with Gasteiger partial charge in [-0.15, -0.1) is 0 Å². The fourth-order valence-corrected chi connectivity index (χ4v) is 7.17. The van der Waals surface area contributed by atoms with Crippen molar-refractivity contribution < 1.29 is 18.4 Å². The van der Waals surface area contributed by atoms with Gasteiger partial charge in [0.1, 0.15) is 0 Å². The molecule has 8 heteroatoms. The van der Waals surface area contributed by atoms with Crippen molar-refractivity contribution in [3.63, 3.8) is 0 Å². The monoisotopic (exact) mass is 346 g/mol. The van der Waals surface area contributed by atoms with Gasteiger partial charge in [0.05, 0.1) is 0 Å². The van der Waals surface area contributed by atoms with Crippen LogP contribution in [0.3, 0.4) is 0 Å². The van der Waals surface area contributed by atoms with Gasteiger partial charge >= 0.3 is 12.2 Å². The molecule has 0 atom stereocenters. The number of hydrogen-bond donors (Lipinski definition) is 0. The summed E-state index contributed by atoms with van der Waals surface area (Å²) in [5.74, 6) is 0. The molecular formula is C14H30N2O4Si2. The van der Waals surface area contributed by atoms with E-state index in [1.54, 1.807) is 0 Å². The molecule has 0 aromatic carbocycles. The average molecular weight is 347 g/mol. The van der Waals surface area contributed by atoms with Crippen molar-refractivity contribution in [3.8, 4) is 0 Å². The Morgan fingerprint density at radius 3 is 1.05 bits per heavy atom. The molecule has 6 nitrogen and oxygen atoms in total. The fourth-order valence-electron chi connectivity index (χ4n) is 2.45. The Morgan fingerprint density at radius 1 is 0.636 bits per heavy atom. The zero-order chi connectivity index (χ0) is 17.4. The van der Waals surface area contributed by atoms with Crippen molar-refractivity contribution in [1.29, 1.82) is 0 Å². The van der Waals surface area contributed by atoms with Crippen molar-refractivity contribution in [2.45, 2.75) is 77.6 Å². The van der Waals surface area contributed by atoms with Gasteiger partial charge in [-0.3, -0.25) is 0 Å². The minimum Gasteiger partial charge on any atom is -0.503 e. The summed E-state index contributed by atoms with van der Waals surface area (Å²) < 4.78 is 10.7. The molecule has 0 aliphatic carbocycles. The third-order valence-electron chi connectivity index (χ3n) is 3.32. The quantitative estimate of drug-likeness (QED) is 0.511. The molecule has 0 aromatic rings. The molecule has 0 fully saturated rings. The van der Waals surface area contributed by atoms with Crippen LogP contribution in [-0.2, 0) is 8.85 Å². The number of rotatable bonds is 6. The Balaban J connectivity index is 4.57. The number of azo groups is 1. The van der Waals surface area contributed by atoms with Crippen LogP contribution in [0, 0.1) is 0 Å². The lowest BCUT2D eigenvalue weighted by Crippen LogP contribution is -2.28. The maximum absolute atomic E-state index is 11.7. The van der Waals surface area contributed by atoms with Crippen LogP contribution in [-0.4, -0.2) is 30.3 Å². The van der Waals surface area contributed by atoms with Gasteiger partial charge in [0.2, 0.25) is 18.1 Å². The Labute approximate surface area is 137 Å². The van der Waals surface area contributed by atoms with Gasteiger partial charge < -0.3 is 8.85 Å². The lowest BCUT2D eigenvalue weighted by atomic mass is 10.5. The van der Waals surface area contributed by atoms with E-state index in [1.807, 2.05) is 55.4 Å². The number of hydrogen-bond acceptors (Lipinski definition) is 4. The number of nitrogens with zero attached hydrogens (tertiary/aromatic N) is 2. The molecule has 0 rings (SSSR count). The van der Waals surface area contributed by atoms with Crippen LogP contribution in [0.25, 0.3) is 0 Å². The van der Waals surface area contributed by atoms with Crippen LogP contribution in [0.2, 0.25) is 22.2 Å². The molecule has 0 saturated heterocycles. The summed E-state index contributed by atoms with van der Waals surface area (Å²) in [4.78, 5) is 23.4. The molecule has 0 spiro atoms. The number of amides is 2. The molecule has 0 radical (unpaired) electrons. The second kappa shape index (κ2) is 9.88. The topological polar surface area (TPSA) is 77.3 Å². The van der Waals surface area contributed by atoms with E-state index in [9.17, 15) is 9.59 Å². The van der Waals surface area contributed by atoms with E-state index in [1.165, 1.54) is 0 Å². The molecular weight excluding hydrogens is 316 g/mol. The summed E-state index contributed by atoms with van der Waals surface area (Å²) in [5, 5.41) is 6.69. The summed E-state index contributed by atoms with van der Waals surface area (Å²) in [6.07, 6.45) is -1.58. The molecule has 0 aliphatic rings. The Kier molecular flexibility index (Phi) is 9.42. The summed E-state index contributed by atoms with van der Waals surface area (Å²) in [5.41, 5.74) is 1.24. The largest absolute Gasteiger partial charge is 0.503 e. The van der Waals surface area contributed by atoms with Gasteiger partial charge in [0.25, 0.3) is 0 Å². The van der Waals surface area contributed by atoms with E-state index < -0.39 is 30.3 Å². The molecule has 2 amide bonds. The van der Waals surface area contributed by atoms with Crippen LogP contribution >= 0.6 is 0 Å². The minimum absolute atomic E-state index is 0.310. The van der Waals surface area contributed by atoms with Gasteiger partial charge in [0.15, 0.2) is 0 Å². The van der Waals surface area contributed by atoms with E-state index >= 15 is 0 Å². The summed E-state index contributed by atoms with van der Waals surface area (Å²) in [6.45, 7) is 16.2. The van der Waals surface area contributed by atoms with Crippen LogP contribution in [0.1, 0.15) is 55.4 Å². The summed E-state index contributed by atoms with van der Waals surface area (Å²) in [7, 11) is -3.42. The van der Waals surface area contributed by atoms with Crippen LogP contribution in [0.5, 0.6) is 0 Å². The first kappa shape index (κ1) is 21.0. The zero-order valence-corrected chi connectivity index (χ0v) is 17.3. The van der Waals surface area contributed by atoms with Gasteiger partial charge in [0, 0.05) is 0 Å². The van der Waals surface area contributed by atoms with Gasteiger partial charge in [-0.1, -0.05) is 65.6 Å². The zero-order valence-electron chi connectivity index (χ0n) is 15.0. The smallest absolute Gasteiger partial charge is 0.438 e. The molecule has 0 aliphatic heterocycles. The molecule has 0 bridgehead atoms. The number of carbonyl (C=O) groups is 2. The Morgan fingerprint density at radius 2 is 0.864 bits per heavy atom. The highest BCUT2D eigenvalue weighted by atomic mass is 28.3. The van der Waals surface area contributed by atoms with E-state index in [-0.39, 0.29) is 0 Å². The van der Waals surface area contributed by atoms with Crippen molar-refractivity contribution >= 4 is 30.3 Å². The molecule has 0 aromatic heterocycles. The van der Waals surface area contributed by atoms with E-state index in [0.717, 1.165) is 0 Å². The maximum atomic E-state index is 11.7. The molecule has 0 saturated carbocycles. The number of carbonyl (C=O) groups excluding carboxylic acids is 2. The first-order valence-corrected chi connectivity index (χ1v) is 11.5. The summed E-state index contributed by atoms with van der Waals surface area (Å²) >= 11 is 0. The predicted molar refractivity (Wildman–Crippen MR) is 92.5 cm³/mol. The molecule has 22 heavy (non-hydrogen) atoms. The third-order valence-corrected chi connectivity index (χ3v) is 9.52. The van der Waals surface area contributed by atoms with Crippen LogP contribution in [0.4, 0.5) is 9.59 Å². The highest BCUT2D eigenvalue weighted by Gasteiger charge is 2.26. The molecule has 0 N–H and O–H groups in total. The highest BCUT2D eigenvalue weighted by Crippen LogP contribution is 2.22. The van der Waals surface area contributed by atoms with Gasteiger partial charge in [-0.25, -0.2) is 9.59 Å². The van der Waals surface area contributed by atoms with Crippen molar-refractivity contribution in [1.82, 2.24) is 0 Å². The predicted octanol–water partition coefficient (Wildman–Crippen LogP) is 4.80. The normalized spacial score (nSPS) is 12.5. The molecule has 0 heterocycles. The highest BCUT2D eigenvalue weighted by molar-refractivity contribution is 6.57. The standard InChI is InChI=1S/C14H30N2O4Si2/c1-9(2)21(10(3)4)19-13(17)15-16-14(18)20-22(11(5)6)12(7)8/h9-12,21-22H,1-8H3. The third kappa shape index (κ3) is 7.83. The van der Waals surface area contributed by atoms with Gasteiger partial charge in [-0.2, -0.15) is 0 Å².